The van der Waals surface area contributed by atoms with E-state index in [0.717, 1.165) is 45.3 Å². The summed E-state index contributed by atoms with van der Waals surface area (Å²) in [6.07, 6.45) is 0. The Bertz CT molecular complexity index is 3580. The fourth-order valence-corrected chi connectivity index (χ4v) is 11.0. The summed E-state index contributed by atoms with van der Waals surface area (Å²) < 4.78 is 0. The molecule has 2 nitrogen and oxygen atoms in total. The van der Waals surface area contributed by atoms with Gasteiger partial charge in [-0.3, -0.25) is 0 Å². The number of rotatable bonds is 7. The van der Waals surface area contributed by atoms with Crippen molar-refractivity contribution in [3.63, 3.8) is 0 Å². The molecule has 2 aliphatic rings. The van der Waals surface area contributed by atoms with E-state index in [1.165, 1.54) is 66.1 Å². The molecule has 0 aromatic heterocycles. The number of hydrogen-bond acceptors (Lipinski definition) is 2. The minimum atomic E-state index is -0.479. The van der Waals surface area contributed by atoms with Crippen molar-refractivity contribution < 1.29 is 0 Å². The monoisotopic (exact) mass is 826 g/mol. The van der Waals surface area contributed by atoms with Crippen molar-refractivity contribution in [2.24, 2.45) is 0 Å². The second kappa shape index (κ2) is 14.8. The van der Waals surface area contributed by atoms with Gasteiger partial charge in [-0.2, -0.15) is 0 Å². The Balaban J connectivity index is 1.01. The van der Waals surface area contributed by atoms with Crippen molar-refractivity contribution in [3.8, 4) is 33.4 Å². The summed E-state index contributed by atoms with van der Waals surface area (Å²) in [6.45, 7) is 0. The van der Waals surface area contributed by atoms with E-state index in [4.69, 9.17) is 0 Å². The van der Waals surface area contributed by atoms with Crippen molar-refractivity contribution in [1.82, 2.24) is 0 Å². The zero-order valence-corrected chi connectivity index (χ0v) is 35.6. The Morgan fingerprint density at radius 2 is 0.738 bits per heavy atom. The van der Waals surface area contributed by atoms with Gasteiger partial charge in [0.05, 0.1) is 11.1 Å². The zero-order valence-electron chi connectivity index (χ0n) is 35.6. The predicted octanol–water partition coefficient (Wildman–Crippen LogP) is 16.9. The molecule has 13 rings (SSSR count). The first-order chi connectivity index (χ1) is 32.2. The van der Waals surface area contributed by atoms with E-state index in [1.807, 2.05) is 0 Å². The maximum absolute atomic E-state index is 2.49. The van der Waals surface area contributed by atoms with Crippen LogP contribution in [0.15, 0.2) is 255 Å². The first-order valence-electron chi connectivity index (χ1n) is 22.5. The zero-order chi connectivity index (χ0) is 42.9. The Labute approximate surface area is 379 Å². The molecule has 0 heterocycles. The van der Waals surface area contributed by atoms with E-state index in [2.05, 4.69) is 265 Å². The fraction of sp³-hybridized carbons (Fsp3) is 0.0159. The van der Waals surface area contributed by atoms with Crippen molar-refractivity contribution in [3.05, 3.63) is 277 Å². The van der Waals surface area contributed by atoms with Crippen LogP contribution in [0.4, 0.5) is 34.1 Å². The van der Waals surface area contributed by atoms with Crippen LogP contribution in [-0.2, 0) is 5.41 Å². The molecule has 1 spiro atoms. The smallest absolute Gasteiger partial charge is 0.0726 e. The molecule has 0 bridgehead atoms. The van der Waals surface area contributed by atoms with Crippen molar-refractivity contribution in [2.45, 2.75) is 5.41 Å². The Kier molecular flexibility index (Phi) is 8.47. The van der Waals surface area contributed by atoms with E-state index in [1.54, 1.807) is 0 Å². The summed E-state index contributed by atoms with van der Waals surface area (Å²) in [4.78, 5) is 4.82. The highest BCUT2D eigenvalue weighted by Crippen LogP contribution is 2.64. The van der Waals surface area contributed by atoms with Gasteiger partial charge in [-0.1, -0.05) is 170 Å². The lowest BCUT2D eigenvalue weighted by Crippen LogP contribution is -2.26. The number of anilines is 6. The van der Waals surface area contributed by atoms with Gasteiger partial charge in [0.25, 0.3) is 0 Å². The second-order valence-electron chi connectivity index (χ2n) is 17.3. The molecule has 2 aliphatic carbocycles. The van der Waals surface area contributed by atoms with Gasteiger partial charge in [-0.15, -0.1) is 0 Å². The fourth-order valence-electron chi connectivity index (χ4n) is 11.0. The summed E-state index contributed by atoms with van der Waals surface area (Å²) in [6, 6.07) is 93.8. The molecular weight excluding hydrogens is 785 g/mol. The molecule has 0 fully saturated rings. The summed E-state index contributed by atoms with van der Waals surface area (Å²) in [7, 11) is 0. The Morgan fingerprint density at radius 3 is 1.42 bits per heavy atom. The van der Waals surface area contributed by atoms with Crippen molar-refractivity contribution >= 4 is 55.7 Å². The first kappa shape index (κ1) is 37.1. The third-order valence-electron chi connectivity index (χ3n) is 13.8. The third-order valence-corrected chi connectivity index (χ3v) is 13.8. The minimum Gasteiger partial charge on any atom is -0.310 e. The first-order valence-corrected chi connectivity index (χ1v) is 22.5. The Hall–Kier alpha value is -8.46. The summed E-state index contributed by atoms with van der Waals surface area (Å²) in [5.74, 6) is 0. The molecule has 0 radical (unpaired) electrons. The highest BCUT2D eigenvalue weighted by atomic mass is 15.1. The molecule has 0 aliphatic heterocycles. The van der Waals surface area contributed by atoms with E-state index < -0.39 is 5.41 Å². The molecule has 0 saturated carbocycles. The molecule has 2 heteroatoms. The maximum Gasteiger partial charge on any atom is 0.0726 e. The predicted molar refractivity (Wildman–Crippen MR) is 273 cm³/mol. The van der Waals surface area contributed by atoms with Gasteiger partial charge in [0, 0.05) is 33.8 Å². The standard InChI is InChI=1S/C63H42N2/c1-4-23-48(24-5-1)64(51-29-18-22-43(38-51)47-37-46-21-12-13-30-53(46)62(41-47)65(49-25-6-2-7-26-49)50-27-8-3-9-28-50)52-35-36-56-54-31-14-16-33-58(54)63(61(56)42-52)59-34-17-15-32-55(59)57-39-44-19-10-11-20-45(44)40-60(57)63/h1-42H. The van der Waals surface area contributed by atoms with Gasteiger partial charge in [0.2, 0.25) is 0 Å². The molecule has 1 atom stereocenters. The lowest BCUT2D eigenvalue weighted by atomic mass is 9.70. The van der Waals surface area contributed by atoms with E-state index >= 15 is 0 Å². The van der Waals surface area contributed by atoms with Crippen LogP contribution >= 0.6 is 0 Å². The van der Waals surface area contributed by atoms with Gasteiger partial charge in [-0.05, 0) is 157 Å². The summed E-state index contributed by atoms with van der Waals surface area (Å²) in [5, 5.41) is 4.91. The molecule has 11 aromatic rings. The van der Waals surface area contributed by atoms with Crippen LogP contribution in [0.25, 0.3) is 54.9 Å². The van der Waals surface area contributed by atoms with E-state index in [0.29, 0.717) is 0 Å². The second-order valence-corrected chi connectivity index (χ2v) is 17.3. The van der Waals surface area contributed by atoms with Crippen LogP contribution in [0.1, 0.15) is 22.3 Å². The normalized spacial score (nSPS) is 14.2. The molecule has 0 amide bonds. The molecular formula is C63H42N2. The molecule has 0 N–H and O–H groups in total. The van der Waals surface area contributed by atoms with Crippen LogP contribution in [0.5, 0.6) is 0 Å². The largest absolute Gasteiger partial charge is 0.310 e. The SMILES string of the molecule is c1ccc(N(c2cccc(-c3cc(N(c4ccccc4)c4ccccc4)c4ccccc4c3)c2)c2ccc3c(c2)C2(c4ccccc4-3)c3ccccc3-c3cc4ccccc4cc32)cc1. The summed E-state index contributed by atoms with van der Waals surface area (Å²) in [5.41, 5.74) is 19.0. The van der Waals surface area contributed by atoms with Crippen LogP contribution in [0, 0.1) is 0 Å². The molecule has 1 unspecified atom stereocenters. The number of para-hydroxylation sites is 3. The topological polar surface area (TPSA) is 6.48 Å². The number of fused-ring (bicyclic) bond motifs is 12. The maximum atomic E-state index is 2.49. The van der Waals surface area contributed by atoms with Crippen LogP contribution in [0.3, 0.4) is 0 Å². The number of benzene rings is 11. The van der Waals surface area contributed by atoms with E-state index in [9.17, 15) is 0 Å². The highest BCUT2D eigenvalue weighted by molar-refractivity contribution is 6.03. The van der Waals surface area contributed by atoms with Gasteiger partial charge >= 0.3 is 0 Å². The van der Waals surface area contributed by atoms with Crippen molar-refractivity contribution in [2.75, 3.05) is 9.80 Å². The minimum absolute atomic E-state index is 0.479. The lowest BCUT2D eigenvalue weighted by Gasteiger charge is -2.32. The van der Waals surface area contributed by atoms with Gasteiger partial charge < -0.3 is 9.80 Å². The van der Waals surface area contributed by atoms with Crippen LogP contribution in [-0.4, -0.2) is 0 Å². The molecule has 11 aromatic carbocycles. The highest BCUT2D eigenvalue weighted by Gasteiger charge is 2.52. The Morgan fingerprint density at radius 1 is 0.246 bits per heavy atom. The third kappa shape index (κ3) is 5.74. The molecule has 304 valence electrons. The average Bonchev–Trinajstić information content (AvgIpc) is 3.83. The molecule has 65 heavy (non-hydrogen) atoms. The number of nitrogens with zero attached hydrogens (tertiary/aromatic N) is 2. The summed E-state index contributed by atoms with van der Waals surface area (Å²) >= 11 is 0. The van der Waals surface area contributed by atoms with Gasteiger partial charge in [0.15, 0.2) is 0 Å². The number of hydrogen-bond donors (Lipinski definition) is 0. The quantitative estimate of drug-likeness (QED) is 0.158. The van der Waals surface area contributed by atoms with E-state index in [-0.39, 0.29) is 0 Å². The van der Waals surface area contributed by atoms with Crippen molar-refractivity contribution in [1.29, 1.82) is 0 Å². The van der Waals surface area contributed by atoms with Gasteiger partial charge in [0.1, 0.15) is 0 Å². The van der Waals surface area contributed by atoms with Gasteiger partial charge in [-0.25, -0.2) is 0 Å². The van der Waals surface area contributed by atoms with Crippen LogP contribution < -0.4 is 9.80 Å². The van der Waals surface area contributed by atoms with Crippen LogP contribution in [0.2, 0.25) is 0 Å². The average molecular weight is 827 g/mol. The lowest BCUT2D eigenvalue weighted by molar-refractivity contribution is 0.795. The molecule has 0 saturated heterocycles.